The van der Waals surface area contributed by atoms with Crippen molar-refractivity contribution in [3.05, 3.63) is 42.0 Å². The Labute approximate surface area is 219 Å². The second-order valence-electron chi connectivity index (χ2n) is 10.5. The molecule has 11 heteroatoms. The lowest BCUT2D eigenvalue weighted by molar-refractivity contribution is -0.137. The summed E-state index contributed by atoms with van der Waals surface area (Å²) in [6, 6.07) is 5.41. The van der Waals surface area contributed by atoms with E-state index in [1.165, 1.54) is 18.6 Å². The molecule has 1 aromatic carbocycles. The summed E-state index contributed by atoms with van der Waals surface area (Å²) >= 11 is 0. The molecule has 1 atom stereocenters. The van der Waals surface area contributed by atoms with E-state index >= 15 is 0 Å². The largest absolute Gasteiger partial charge is 0.416 e. The van der Waals surface area contributed by atoms with Crippen molar-refractivity contribution in [1.82, 2.24) is 24.4 Å². The number of piperidine rings is 1. The van der Waals surface area contributed by atoms with Crippen LogP contribution < -0.4 is 9.80 Å². The summed E-state index contributed by atoms with van der Waals surface area (Å²) in [5, 5.41) is 0. The standard InChI is InChI=1S/C27H32F3N7O/c28-27(29,30)20-7-4-8-21(16-20)34-12-14-35(15-13-34)26(38)19-6-5-10-36(17-19)24-23-25(32-18-31-24)37-11-3-1-2-9-22(37)33-23/h4,7-8,16,18-19H,1-3,5-6,9-15,17H2. The van der Waals surface area contributed by atoms with Crippen LogP contribution in [0.15, 0.2) is 30.6 Å². The molecule has 38 heavy (non-hydrogen) atoms. The van der Waals surface area contributed by atoms with Crippen molar-refractivity contribution in [3.8, 4) is 0 Å². The van der Waals surface area contributed by atoms with Crippen molar-refractivity contribution >= 4 is 28.6 Å². The third kappa shape index (κ3) is 4.78. The highest BCUT2D eigenvalue weighted by atomic mass is 19.4. The minimum Gasteiger partial charge on any atom is -0.368 e. The van der Waals surface area contributed by atoms with E-state index in [0.717, 1.165) is 74.1 Å². The maximum atomic E-state index is 13.5. The molecule has 2 fully saturated rings. The summed E-state index contributed by atoms with van der Waals surface area (Å²) < 4.78 is 41.6. The van der Waals surface area contributed by atoms with Crippen LogP contribution in [0.4, 0.5) is 24.7 Å². The third-order valence-corrected chi connectivity index (χ3v) is 8.07. The highest BCUT2D eigenvalue weighted by Crippen LogP contribution is 2.33. The zero-order chi connectivity index (χ0) is 26.3. The number of benzene rings is 1. The van der Waals surface area contributed by atoms with E-state index in [-0.39, 0.29) is 11.8 Å². The van der Waals surface area contributed by atoms with Gasteiger partial charge in [-0.25, -0.2) is 15.0 Å². The smallest absolute Gasteiger partial charge is 0.368 e. The number of piperazine rings is 1. The van der Waals surface area contributed by atoms with Gasteiger partial charge in [0.05, 0.1) is 11.5 Å². The lowest BCUT2D eigenvalue weighted by Gasteiger charge is -2.40. The molecular weight excluding hydrogens is 495 g/mol. The molecule has 1 unspecified atom stereocenters. The Kier molecular flexibility index (Phi) is 6.61. The van der Waals surface area contributed by atoms with Crippen LogP contribution in [0.3, 0.4) is 0 Å². The molecular formula is C27H32F3N7O. The van der Waals surface area contributed by atoms with Crippen molar-refractivity contribution in [2.45, 2.75) is 51.2 Å². The highest BCUT2D eigenvalue weighted by Gasteiger charge is 2.34. The number of aromatic nitrogens is 4. The average Bonchev–Trinajstić information content (AvgIpc) is 3.13. The molecule has 0 saturated carbocycles. The van der Waals surface area contributed by atoms with Crippen LogP contribution in [0.5, 0.6) is 0 Å². The Bertz CT molecular complexity index is 1320. The first-order chi connectivity index (χ1) is 18.4. The quantitative estimate of drug-likeness (QED) is 0.510. The minimum atomic E-state index is -4.37. The van der Waals surface area contributed by atoms with E-state index in [2.05, 4.69) is 19.4 Å². The lowest BCUT2D eigenvalue weighted by atomic mass is 9.96. The van der Waals surface area contributed by atoms with E-state index in [0.29, 0.717) is 38.4 Å². The molecule has 8 nitrogen and oxygen atoms in total. The van der Waals surface area contributed by atoms with E-state index in [1.807, 2.05) is 9.80 Å². The number of nitrogens with zero attached hydrogens (tertiary/aromatic N) is 7. The summed E-state index contributed by atoms with van der Waals surface area (Å²) in [5.41, 5.74) is 1.60. The molecule has 2 saturated heterocycles. The number of alkyl halides is 3. The molecule has 3 aliphatic heterocycles. The average molecular weight is 528 g/mol. The van der Waals surface area contributed by atoms with Gasteiger partial charge in [0.25, 0.3) is 0 Å². The van der Waals surface area contributed by atoms with Crippen LogP contribution in [0.2, 0.25) is 0 Å². The fraction of sp³-hybridized carbons (Fsp3) is 0.556. The zero-order valence-corrected chi connectivity index (χ0v) is 21.3. The summed E-state index contributed by atoms with van der Waals surface area (Å²) in [5.74, 6) is 1.85. The summed E-state index contributed by atoms with van der Waals surface area (Å²) in [6.45, 7) is 4.35. The minimum absolute atomic E-state index is 0.115. The van der Waals surface area contributed by atoms with Crippen molar-refractivity contribution in [2.75, 3.05) is 49.1 Å². The number of amides is 1. The molecule has 0 bridgehead atoms. The Morgan fingerprint density at radius 3 is 2.58 bits per heavy atom. The monoisotopic (exact) mass is 527 g/mol. The number of carbonyl (C=O) groups is 1. The van der Waals surface area contributed by atoms with Crippen LogP contribution in [-0.4, -0.2) is 69.6 Å². The first kappa shape index (κ1) is 24.9. The predicted molar refractivity (Wildman–Crippen MR) is 138 cm³/mol. The van der Waals surface area contributed by atoms with Gasteiger partial charge in [-0.15, -0.1) is 0 Å². The van der Waals surface area contributed by atoms with E-state index in [9.17, 15) is 18.0 Å². The number of hydrogen-bond acceptors (Lipinski definition) is 6. The molecule has 5 heterocycles. The first-order valence-corrected chi connectivity index (χ1v) is 13.5. The van der Waals surface area contributed by atoms with Crippen LogP contribution >= 0.6 is 0 Å². The van der Waals surface area contributed by atoms with Gasteiger partial charge in [-0.2, -0.15) is 13.2 Å². The zero-order valence-electron chi connectivity index (χ0n) is 21.3. The van der Waals surface area contributed by atoms with Crippen LogP contribution in [0, 0.1) is 5.92 Å². The van der Waals surface area contributed by atoms with Gasteiger partial charge in [0, 0.05) is 57.9 Å². The maximum Gasteiger partial charge on any atom is 0.416 e. The predicted octanol–water partition coefficient (Wildman–Crippen LogP) is 4.14. The van der Waals surface area contributed by atoms with Gasteiger partial charge >= 0.3 is 6.18 Å². The Hall–Kier alpha value is -3.37. The number of anilines is 2. The maximum absolute atomic E-state index is 13.5. The molecule has 3 aliphatic rings. The Balaban J connectivity index is 1.13. The van der Waals surface area contributed by atoms with Gasteiger partial charge in [0.2, 0.25) is 5.91 Å². The molecule has 0 radical (unpaired) electrons. The van der Waals surface area contributed by atoms with Crippen molar-refractivity contribution < 1.29 is 18.0 Å². The molecule has 6 rings (SSSR count). The number of aryl methyl sites for hydroxylation is 2. The fourth-order valence-corrected chi connectivity index (χ4v) is 6.05. The first-order valence-electron chi connectivity index (χ1n) is 13.5. The number of carbonyl (C=O) groups excluding carboxylic acids is 1. The van der Waals surface area contributed by atoms with Gasteiger partial charge in [-0.05, 0) is 43.9 Å². The second-order valence-corrected chi connectivity index (χ2v) is 10.5. The summed E-state index contributed by atoms with van der Waals surface area (Å²) in [7, 11) is 0. The summed E-state index contributed by atoms with van der Waals surface area (Å²) in [4.78, 5) is 33.6. The number of hydrogen-bond donors (Lipinski definition) is 0. The molecule has 0 aliphatic carbocycles. The normalized spacial score (nSPS) is 20.9. The molecule has 3 aromatic rings. The van der Waals surface area contributed by atoms with Gasteiger partial charge in [-0.3, -0.25) is 4.79 Å². The van der Waals surface area contributed by atoms with Crippen LogP contribution in [0.25, 0.3) is 11.2 Å². The van der Waals surface area contributed by atoms with Crippen molar-refractivity contribution in [2.24, 2.45) is 5.92 Å². The summed E-state index contributed by atoms with van der Waals surface area (Å²) in [6.07, 6.45) is 3.35. The fourth-order valence-electron chi connectivity index (χ4n) is 6.05. The van der Waals surface area contributed by atoms with E-state index < -0.39 is 11.7 Å². The number of imidazole rings is 1. The van der Waals surface area contributed by atoms with E-state index in [1.54, 1.807) is 12.4 Å². The number of fused-ring (bicyclic) bond motifs is 3. The van der Waals surface area contributed by atoms with Crippen molar-refractivity contribution in [3.63, 3.8) is 0 Å². The molecule has 202 valence electrons. The van der Waals surface area contributed by atoms with Gasteiger partial charge in [0.15, 0.2) is 17.0 Å². The number of halogens is 3. The second kappa shape index (κ2) is 10.1. The van der Waals surface area contributed by atoms with Gasteiger partial charge < -0.3 is 19.3 Å². The molecule has 1 amide bonds. The van der Waals surface area contributed by atoms with Crippen molar-refractivity contribution in [1.29, 1.82) is 0 Å². The van der Waals surface area contributed by atoms with Crippen LogP contribution in [-0.2, 0) is 23.9 Å². The topological polar surface area (TPSA) is 70.4 Å². The third-order valence-electron chi connectivity index (χ3n) is 8.07. The highest BCUT2D eigenvalue weighted by molar-refractivity contribution is 5.85. The molecule has 0 spiro atoms. The molecule has 0 N–H and O–H groups in total. The van der Waals surface area contributed by atoms with Crippen LogP contribution in [0.1, 0.15) is 43.5 Å². The Morgan fingerprint density at radius 2 is 1.76 bits per heavy atom. The number of rotatable bonds is 3. The van der Waals surface area contributed by atoms with Gasteiger partial charge in [0.1, 0.15) is 12.2 Å². The SMILES string of the molecule is O=C(C1CCCN(c2ncnc3c2nc2n3CCCCC2)C1)N1CCN(c2cccc(C(F)(F)F)c2)CC1. The molecule has 2 aromatic heterocycles. The van der Waals surface area contributed by atoms with Gasteiger partial charge in [-0.1, -0.05) is 12.5 Å². The van der Waals surface area contributed by atoms with E-state index in [4.69, 9.17) is 4.98 Å². The Morgan fingerprint density at radius 1 is 0.921 bits per heavy atom. The lowest BCUT2D eigenvalue weighted by Crippen LogP contribution is -2.52.